The number of hydrogen-bond donors (Lipinski definition) is 6. The Kier molecular flexibility index (Phi) is 10.4. The molecule has 5 aromatic rings. The van der Waals surface area contributed by atoms with E-state index < -0.39 is 23.7 Å². The summed E-state index contributed by atoms with van der Waals surface area (Å²) in [6.07, 6.45) is -4.62. The molecule has 0 saturated carbocycles. The van der Waals surface area contributed by atoms with Crippen LogP contribution in [0.3, 0.4) is 0 Å². The number of fused-ring (bicyclic) bond motifs is 1. The maximum atomic E-state index is 12.9. The van der Waals surface area contributed by atoms with Crippen LogP contribution in [0, 0.1) is 0 Å². The van der Waals surface area contributed by atoms with Crippen molar-refractivity contribution in [1.82, 2.24) is 25.6 Å². The van der Waals surface area contributed by atoms with Gasteiger partial charge in [-0.3, -0.25) is 4.79 Å². The van der Waals surface area contributed by atoms with Crippen molar-refractivity contribution >= 4 is 46.1 Å². The quantitative estimate of drug-likeness (QED) is 0.119. The number of urea groups is 1. The van der Waals surface area contributed by atoms with Gasteiger partial charge in [0, 0.05) is 28.6 Å². The topological polar surface area (TPSA) is 160 Å². The molecule has 2 heterocycles. The average molecular weight is 662 g/mol. The fourth-order valence-corrected chi connectivity index (χ4v) is 4.67. The number of aromatic nitrogens is 3. The molecule has 45 heavy (non-hydrogen) atoms. The van der Waals surface area contributed by atoms with Crippen LogP contribution in [0.1, 0.15) is 23.0 Å². The molecule has 15 heteroatoms. The fourth-order valence-electron chi connectivity index (χ4n) is 4.21. The number of benzene rings is 3. The van der Waals surface area contributed by atoms with Gasteiger partial charge in [-0.1, -0.05) is 71.7 Å². The van der Waals surface area contributed by atoms with E-state index in [0.717, 1.165) is 17.2 Å². The smallest absolute Gasteiger partial charge is 0.490 e. The molecule has 6 N–H and O–H groups in total. The SMILES string of the molecule is O=C(NCc1cccc(Cl)c1)N[C@@H](Cc1ccccc1)c1nc(-c2ccc3[nH]c(=O)cc(O)c3c2)c(Cl)[nH]1.O=C(O)C(F)(F)F. The molecular formula is C30H24Cl2F3N5O5. The summed E-state index contributed by atoms with van der Waals surface area (Å²) in [5.74, 6) is -2.43. The number of hydrogen-bond acceptors (Lipinski definition) is 5. The van der Waals surface area contributed by atoms with Gasteiger partial charge in [0.1, 0.15) is 22.4 Å². The van der Waals surface area contributed by atoms with Crippen LogP contribution < -0.4 is 16.2 Å². The van der Waals surface area contributed by atoms with E-state index in [2.05, 4.69) is 20.6 Å². The first kappa shape index (κ1) is 32.9. The van der Waals surface area contributed by atoms with Crippen LogP contribution in [0.15, 0.2) is 83.7 Å². The molecule has 3 aromatic carbocycles. The third-order valence-corrected chi connectivity index (χ3v) is 6.78. The number of carboxylic acid groups (broad SMARTS) is 1. The Balaban J connectivity index is 0.000000591. The van der Waals surface area contributed by atoms with Crippen molar-refractivity contribution in [2.24, 2.45) is 0 Å². The predicted molar refractivity (Wildman–Crippen MR) is 162 cm³/mol. The number of rotatable bonds is 7. The number of aromatic amines is 2. The van der Waals surface area contributed by atoms with Crippen LogP contribution in [0.5, 0.6) is 5.75 Å². The van der Waals surface area contributed by atoms with E-state index >= 15 is 0 Å². The lowest BCUT2D eigenvalue weighted by molar-refractivity contribution is -0.192. The second kappa shape index (κ2) is 14.2. The van der Waals surface area contributed by atoms with Crippen LogP contribution in [0.25, 0.3) is 22.2 Å². The monoisotopic (exact) mass is 661 g/mol. The van der Waals surface area contributed by atoms with Gasteiger partial charge in [0.25, 0.3) is 5.56 Å². The number of amides is 2. The molecule has 0 radical (unpaired) electrons. The Hall–Kier alpha value is -5.01. The first-order valence-electron chi connectivity index (χ1n) is 13.0. The minimum atomic E-state index is -5.08. The lowest BCUT2D eigenvalue weighted by atomic mass is 10.1. The van der Waals surface area contributed by atoms with E-state index in [1.807, 2.05) is 42.5 Å². The van der Waals surface area contributed by atoms with Gasteiger partial charge < -0.3 is 30.8 Å². The number of H-pyrrole nitrogens is 2. The van der Waals surface area contributed by atoms with Crippen LogP contribution in [0.2, 0.25) is 10.2 Å². The number of aliphatic carboxylic acids is 1. The van der Waals surface area contributed by atoms with Gasteiger partial charge in [0.2, 0.25) is 0 Å². The summed E-state index contributed by atoms with van der Waals surface area (Å²) >= 11 is 12.6. The lowest BCUT2D eigenvalue weighted by Crippen LogP contribution is -2.38. The normalized spacial score (nSPS) is 11.8. The largest absolute Gasteiger partial charge is 0.507 e. The standard InChI is InChI=1S/C28H23Cl2N5O3.C2HF3O2/c29-19-8-4-7-17(11-19)15-31-28(38)33-22(12-16-5-2-1-3-6-16)27-34-25(26(30)35-27)18-9-10-21-20(13-18)23(36)14-24(37)32-21;3-2(4,5)1(6)7/h1-11,13-14,22H,12,15H2,(H,34,35)(H2,31,33,38)(H2,32,36,37);(H,6,7)/t22-;/m0./s1. The summed E-state index contributed by atoms with van der Waals surface area (Å²) in [5, 5.41) is 24.6. The number of imidazole rings is 1. The number of carbonyl (C=O) groups excluding carboxylic acids is 1. The zero-order chi connectivity index (χ0) is 32.7. The van der Waals surface area contributed by atoms with Gasteiger partial charge >= 0.3 is 18.2 Å². The van der Waals surface area contributed by atoms with E-state index in [0.29, 0.717) is 46.0 Å². The number of carboxylic acids is 1. The zero-order valence-electron chi connectivity index (χ0n) is 23.0. The summed E-state index contributed by atoms with van der Waals surface area (Å²) in [6, 6.07) is 22.3. The molecule has 0 aliphatic heterocycles. The second-order valence-corrected chi connectivity index (χ2v) is 10.4. The molecule has 2 amide bonds. The van der Waals surface area contributed by atoms with Gasteiger partial charge in [0.15, 0.2) is 0 Å². The number of pyridine rings is 1. The number of carbonyl (C=O) groups is 2. The highest BCUT2D eigenvalue weighted by atomic mass is 35.5. The third-order valence-electron chi connectivity index (χ3n) is 6.28. The highest BCUT2D eigenvalue weighted by Crippen LogP contribution is 2.32. The van der Waals surface area contributed by atoms with E-state index in [4.69, 9.17) is 38.1 Å². The lowest BCUT2D eigenvalue weighted by Gasteiger charge is -2.17. The number of nitrogens with one attached hydrogen (secondary N) is 4. The van der Waals surface area contributed by atoms with Crippen molar-refractivity contribution in [1.29, 1.82) is 0 Å². The van der Waals surface area contributed by atoms with Gasteiger partial charge in [-0.2, -0.15) is 13.2 Å². The van der Waals surface area contributed by atoms with Gasteiger partial charge in [-0.25, -0.2) is 14.6 Å². The molecule has 0 unspecified atom stereocenters. The van der Waals surface area contributed by atoms with Crippen molar-refractivity contribution in [3.8, 4) is 17.0 Å². The van der Waals surface area contributed by atoms with E-state index in [9.17, 15) is 27.9 Å². The Bertz CT molecular complexity index is 1880. The summed E-state index contributed by atoms with van der Waals surface area (Å²) in [4.78, 5) is 43.9. The number of aromatic hydroxyl groups is 1. The van der Waals surface area contributed by atoms with E-state index in [1.165, 1.54) is 0 Å². The third kappa shape index (κ3) is 9.00. The molecule has 2 aromatic heterocycles. The predicted octanol–water partition coefficient (Wildman–Crippen LogP) is 6.35. The molecule has 0 saturated heterocycles. The summed E-state index contributed by atoms with van der Waals surface area (Å²) in [5.41, 5.74) is 3.05. The average Bonchev–Trinajstić information content (AvgIpc) is 3.37. The zero-order valence-corrected chi connectivity index (χ0v) is 24.5. The molecule has 0 fully saturated rings. The molecule has 5 rings (SSSR count). The second-order valence-electron chi connectivity index (χ2n) is 9.57. The highest BCUT2D eigenvalue weighted by molar-refractivity contribution is 6.32. The maximum absolute atomic E-state index is 12.9. The molecule has 0 aliphatic carbocycles. The Labute approximate surface area is 262 Å². The van der Waals surface area contributed by atoms with E-state index in [-0.39, 0.29) is 16.9 Å². The van der Waals surface area contributed by atoms with E-state index in [1.54, 1.807) is 30.3 Å². The number of alkyl halides is 3. The number of halogens is 5. The van der Waals surface area contributed by atoms with Crippen molar-refractivity contribution in [3.05, 3.63) is 116 Å². The number of nitrogens with zero attached hydrogens (tertiary/aromatic N) is 1. The van der Waals surface area contributed by atoms with Crippen LogP contribution in [0.4, 0.5) is 18.0 Å². The first-order chi connectivity index (χ1) is 21.3. The molecule has 234 valence electrons. The van der Waals surface area contributed by atoms with Gasteiger partial charge in [-0.05, 0) is 41.8 Å². The Morgan fingerprint density at radius 3 is 2.29 bits per heavy atom. The van der Waals surface area contributed by atoms with Crippen molar-refractivity contribution in [3.63, 3.8) is 0 Å². The maximum Gasteiger partial charge on any atom is 0.490 e. The van der Waals surface area contributed by atoms with Crippen LogP contribution in [-0.2, 0) is 17.8 Å². The molecule has 0 aliphatic rings. The Morgan fingerprint density at radius 2 is 1.62 bits per heavy atom. The molecule has 0 bridgehead atoms. The molecule has 0 spiro atoms. The molecular weight excluding hydrogens is 638 g/mol. The summed E-state index contributed by atoms with van der Waals surface area (Å²) in [7, 11) is 0. The van der Waals surface area contributed by atoms with Crippen molar-refractivity contribution in [2.45, 2.75) is 25.2 Å². The Morgan fingerprint density at radius 1 is 0.933 bits per heavy atom. The van der Waals surface area contributed by atoms with Crippen molar-refractivity contribution < 1.29 is 33.0 Å². The minimum absolute atomic E-state index is 0.141. The minimum Gasteiger partial charge on any atom is -0.507 e. The molecule has 10 nitrogen and oxygen atoms in total. The van der Waals surface area contributed by atoms with Crippen molar-refractivity contribution in [2.75, 3.05) is 0 Å². The van der Waals surface area contributed by atoms with Crippen LogP contribution in [-0.4, -0.2) is 43.3 Å². The fraction of sp³-hybridized carbons (Fsp3) is 0.133. The summed E-state index contributed by atoms with van der Waals surface area (Å²) < 4.78 is 31.7. The first-order valence-corrected chi connectivity index (χ1v) is 13.8. The molecule has 1 atom stereocenters. The highest BCUT2D eigenvalue weighted by Gasteiger charge is 2.38. The summed E-state index contributed by atoms with van der Waals surface area (Å²) in [6.45, 7) is 0.303. The van der Waals surface area contributed by atoms with Crippen LogP contribution >= 0.6 is 23.2 Å². The van der Waals surface area contributed by atoms with Gasteiger partial charge in [-0.15, -0.1) is 0 Å². The van der Waals surface area contributed by atoms with Gasteiger partial charge in [0.05, 0.1) is 11.6 Å².